The molecule has 1 aliphatic rings. The molecule has 1 amide bonds. The smallest absolute Gasteiger partial charge is 0.262 e. The molecule has 1 fully saturated rings. The Balaban J connectivity index is 1.52. The molecule has 3 N–H and O–H groups in total. The summed E-state index contributed by atoms with van der Waals surface area (Å²) >= 11 is 0. The lowest BCUT2D eigenvalue weighted by Gasteiger charge is -2.27. The van der Waals surface area contributed by atoms with Gasteiger partial charge in [0, 0.05) is 57.1 Å². The van der Waals surface area contributed by atoms with Crippen molar-refractivity contribution >= 4 is 11.6 Å². The lowest BCUT2D eigenvalue weighted by atomic mass is 10.2. The molecule has 0 saturated carbocycles. The summed E-state index contributed by atoms with van der Waals surface area (Å²) in [4.78, 5) is 14.8. The number of nitrogens with one attached hydrogen (secondary N) is 3. The summed E-state index contributed by atoms with van der Waals surface area (Å²) in [5.41, 5.74) is 2.87. The van der Waals surface area contributed by atoms with E-state index >= 15 is 0 Å². The first kappa shape index (κ1) is 22.1. The van der Waals surface area contributed by atoms with Gasteiger partial charge in [-0.2, -0.15) is 0 Å². The highest BCUT2D eigenvalue weighted by atomic mass is 16.5. The van der Waals surface area contributed by atoms with Gasteiger partial charge in [-0.05, 0) is 25.1 Å². The quantitative estimate of drug-likeness (QED) is 0.519. The Bertz CT molecular complexity index is 805. The Labute approximate surface area is 178 Å². The van der Waals surface area contributed by atoms with Gasteiger partial charge in [-0.15, -0.1) is 0 Å². The van der Waals surface area contributed by atoms with Crippen molar-refractivity contribution in [3.05, 3.63) is 53.6 Å². The first-order chi connectivity index (χ1) is 14.7. The number of hydrogen-bond acceptors (Lipinski definition) is 6. The molecule has 0 spiro atoms. The monoisotopic (exact) mass is 412 g/mol. The molecule has 2 aromatic rings. The average molecular weight is 413 g/mol. The molecule has 0 unspecified atom stereocenters. The van der Waals surface area contributed by atoms with Crippen LogP contribution in [-0.4, -0.2) is 63.8 Å². The Morgan fingerprint density at radius 3 is 2.63 bits per heavy atom. The molecule has 7 nitrogen and oxygen atoms in total. The number of rotatable bonds is 10. The largest absolute Gasteiger partial charge is 0.493 e. The Kier molecular flexibility index (Phi) is 8.50. The Morgan fingerprint density at radius 2 is 1.90 bits per heavy atom. The van der Waals surface area contributed by atoms with Gasteiger partial charge in [0.15, 0.2) is 18.1 Å². The minimum absolute atomic E-state index is 0.0813. The van der Waals surface area contributed by atoms with E-state index in [2.05, 4.69) is 20.9 Å². The van der Waals surface area contributed by atoms with Gasteiger partial charge >= 0.3 is 0 Å². The van der Waals surface area contributed by atoms with E-state index in [0.717, 1.165) is 56.1 Å². The third kappa shape index (κ3) is 6.73. The lowest BCUT2D eigenvalue weighted by molar-refractivity contribution is -0.118. The summed E-state index contributed by atoms with van der Waals surface area (Å²) in [5, 5.41) is 9.70. The zero-order chi connectivity index (χ0) is 21.2. The number of aryl methyl sites for hydroxylation is 1. The molecule has 30 heavy (non-hydrogen) atoms. The molecule has 2 aromatic carbocycles. The predicted molar refractivity (Wildman–Crippen MR) is 119 cm³/mol. The molecule has 0 aliphatic carbocycles. The molecule has 1 saturated heterocycles. The van der Waals surface area contributed by atoms with Crippen LogP contribution >= 0.6 is 0 Å². The van der Waals surface area contributed by atoms with E-state index in [0.29, 0.717) is 18.0 Å². The second-order valence-electron chi connectivity index (χ2n) is 7.42. The maximum atomic E-state index is 12.3. The number of carbonyl (C=O) groups is 1. The van der Waals surface area contributed by atoms with Crippen LogP contribution in [0, 0.1) is 6.92 Å². The number of para-hydroxylation sites is 1. The highest BCUT2D eigenvalue weighted by Gasteiger charge is 2.13. The van der Waals surface area contributed by atoms with Crippen LogP contribution in [0.15, 0.2) is 42.5 Å². The molecular formula is C23H32N4O3. The normalized spacial score (nSPS) is 14.3. The third-order valence-electron chi connectivity index (χ3n) is 5.09. The van der Waals surface area contributed by atoms with Crippen molar-refractivity contribution in [2.75, 3.05) is 58.3 Å². The van der Waals surface area contributed by atoms with Crippen molar-refractivity contribution in [2.45, 2.75) is 13.5 Å². The zero-order valence-corrected chi connectivity index (χ0v) is 17.9. The summed E-state index contributed by atoms with van der Waals surface area (Å²) in [5.74, 6) is 1.02. The molecule has 7 heteroatoms. The van der Waals surface area contributed by atoms with Gasteiger partial charge in [0.25, 0.3) is 5.91 Å². The summed E-state index contributed by atoms with van der Waals surface area (Å²) in [7, 11) is 1.61. The van der Waals surface area contributed by atoms with Crippen molar-refractivity contribution in [3.8, 4) is 11.5 Å². The molecule has 162 valence electrons. The van der Waals surface area contributed by atoms with Gasteiger partial charge in [0.05, 0.1) is 7.11 Å². The van der Waals surface area contributed by atoms with Crippen molar-refractivity contribution in [1.29, 1.82) is 0 Å². The highest BCUT2D eigenvalue weighted by Crippen LogP contribution is 2.31. The van der Waals surface area contributed by atoms with Gasteiger partial charge in [0.1, 0.15) is 0 Å². The highest BCUT2D eigenvalue weighted by molar-refractivity contribution is 5.91. The summed E-state index contributed by atoms with van der Waals surface area (Å²) in [6, 6.07) is 13.5. The first-order valence-electron chi connectivity index (χ1n) is 10.4. The SMILES string of the molecule is COc1cccc(CNCCN2CCNCC2)c1OCC(=O)Nc1ccc(C)cc1. The number of anilines is 1. The number of piperazine rings is 1. The molecule has 0 aromatic heterocycles. The van der Waals surface area contributed by atoms with Crippen molar-refractivity contribution in [2.24, 2.45) is 0 Å². The summed E-state index contributed by atoms with van der Waals surface area (Å²) in [6.07, 6.45) is 0. The molecular weight excluding hydrogens is 380 g/mol. The number of amides is 1. The van der Waals surface area contributed by atoms with Crippen LogP contribution in [0.25, 0.3) is 0 Å². The second kappa shape index (κ2) is 11.5. The van der Waals surface area contributed by atoms with E-state index in [4.69, 9.17) is 9.47 Å². The maximum absolute atomic E-state index is 12.3. The van der Waals surface area contributed by atoms with E-state index in [9.17, 15) is 4.79 Å². The number of benzene rings is 2. The van der Waals surface area contributed by atoms with E-state index < -0.39 is 0 Å². The third-order valence-corrected chi connectivity index (χ3v) is 5.09. The number of ether oxygens (including phenoxy) is 2. The van der Waals surface area contributed by atoms with E-state index in [-0.39, 0.29) is 12.5 Å². The number of carbonyl (C=O) groups excluding carboxylic acids is 1. The molecule has 1 heterocycles. The van der Waals surface area contributed by atoms with Gasteiger partial charge < -0.3 is 25.4 Å². The van der Waals surface area contributed by atoms with Crippen LogP contribution in [0.3, 0.4) is 0 Å². The van der Waals surface area contributed by atoms with E-state index in [1.807, 2.05) is 49.4 Å². The number of nitrogens with zero attached hydrogens (tertiary/aromatic N) is 1. The van der Waals surface area contributed by atoms with Crippen LogP contribution in [0.1, 0.15) is 11.1 Å². The van der Waals surface area contributed by atoms with Crippen molar-refractivity contribution in [1.82, 2.24) is 15.5 Å². The predicted octanol–water partition coefficient (Wildman–Crippen LogP) is 2.02. The van der Waals surface area contributed by atoms with Crippen LogP contribution in [0.2, 0.25) is 0 Å². The zero-order valence-electron chi connectivity index (χ0n) is 17.9. The van der Waals surface area contributed by atoms with Crippen molar-refractivity contribution in [3.63, 3.8) is 0 Å². The van der Waals surface area contributed by atoms with E-state index in [1.54, 1.807) is 7.11 Å². The minimum Gasteiger partial charge on any atom is -0.493 e. The summed E-state index contributed by atoms with van der Waals surface area (Å²) < 4.78 is 11.3. The Morgan fingerprint density at radius 1 is 1.13 bits per heavy atom. The van der Waals surface area contributed by atoms with Crippen molar-refractivity contribution < 1.29 is 14.3 Å². The first-order valence-corrected chi connectivity index (χ1v) is 10.4. The fourth-order valence-electron chi connectivity index (χ4n) is 3.39. The van der Waals surface area contributed by atoms with Gasteiger partial charge in [-0.25, -0.2) is 0 Å². The van der Waals surface area contributed by atoms with Gasteiger partial charge in [-0.3, -0.25) is 9.69 Å². The molecule has 1 aliphatic heterocycles. The molecule has 0 atom stereocenters. The molecule has 0 radical (unpaired) electrons. The fourth-order valence-corrected chi connectivity index (χ4v) is 3.39. The fraction of sp³-hybridized carbons (Fsp3) is 0.435. The van der Waals surface area contributed by atoms with Crippen LogP contribution < -0.4 is 25.4 Å². The average Bonchev–Trinajstić information content (AvgIpc) is 2.77. The number of methoxy groups -OCH3 is 1. The molecule has 0 bridgehead atoms. The van der Waals surface area contributed by atoms with Crippen LogP contribution in [-0.2, 0) is 11.3 Å². The topological polar surface area (TPSA) is 74.9 Å². The standard InChI is InChI=1S/C23H32N4O3/c1-18-6-8-20(9-7-18)26-22(28)17-30-23-19(4-3-5-21(23)29-2)16-25-12-15-27-13-10-24-11-14-27/h3-9,24-25H,10-17H2,1-2H3,(H,26,28). The Hall–Kier alpha value is -2.61. The maximum Gasteiger partial charge on any atom is 0.262 e. The summed E-state index contributed by atoms with van der Waals surface area (Å²) in [6.45, 7) is 8.77. The van der Waals surface area contributed by atoms with Crippen LogP contribution in [0.5, 0.6) is 11.5 Å². The lowest BCUT2D eigenvalue weighted by Crippen LogP contribution is -2.45. The minimum atomic E-state index is -0.206. The molecule has 3 rings (SSSR count). The van der Waals surface area contributed by atoms with E-state index in [1.165, 1.54) is 0 Å². The number of hydrogen-bond donors (Lipinski definition) is 3. The van der Waals surface area contributed by atoms with Gasteiger partial charge in [-0.1, -0.05) is 29.8 Å². The second-order valence-corrected chi connectivity index (χ2v) is 7.42. The van der Waals surface area contributed by atoms with Gasteiger partial charge in [0.2, 0.25) is 0 Å². The van der Waals surface area contributed by atoms with Crippen LogP contribution in [0.4, 0.5) is 5.69 Å².